The molecular weight excluding hydrogens is 916 g/mol. The quantitative estimate of drug-likeness (QED) is 0.0195. The number of thiazole rings is 1. The van der Waals surface area contributed by atoms with Gasteiger partial charge in [-0.25, -0.2) is 27.8 Å². The van der Waals surface area contributed by atoms with Crippen molar-refractivity contribution in [3.63, 3.8) is 0 Å². The molecule has 2 atom stereocenters. The average Bonchev–Trinajstić information content (AvgIpc) is 3.70. The number of β-lactam (4-membered cyclic amide) rings is 1. The Hall–Kier alpha value is -5.56. The molecular formula is C40H55ClN8O14S2. The Bertz CT molecular complexity index is 2380. The van der Waals surface area contributed by atoms with E-state index in [1.807, 2.05) is 28.8 Å². The molecule has 65 heavy (non-hydrogen) atoms. The number of amides is 4. The van der Waals surface area contributed by atoms with Crippen molar-refractivity contribution in [3.8, 4) is 16.9 Å². The Morgan fingerprint density at radius 3 is 2.14 bits per heavy atom. The molecule has 1 aromatic carbocycles. The molecule has 0 spiro atoms. The number of aryl methyl sites for hydroxylation is 2. The van der Waals surface area contributed by atoms with E-state index in [1.165, 1.54) is 13.8 Å². The smallest absolute Gasteiger partial charge is 0.413 e. The normalized spacial score (nSPS) is 15.9. The molecule has 358 valence electrons. The number of rotatable bonds is 17. The highest BCUT2D eigenvalue weighted by molar-refractivity contribution is 7.80. The number of hydrogen-bond donors (Lipinski definition) is 3. The zero-order valence-electron chi connectivity index (χ0n) is 38.1. The SMILES string of the molecule is C[n+]1cc(-c2ccc(OCC(O/N=C(\C(=O)N[C@@H]3C(=O)N(OS(=O)(=O)[O-])C3(C)C)c3nc(NC(=O)OC(C)(C)C)sc3Cl)C(=O)OC(C)(C)C)cc2)cn1CCCNC(=O)OC(C)(C)C. The highest BCUT2D eigenvalue weighted by Gasteiger charge is 2.57. The van der Waals surface area contributed by atoms with Crippen molar-refractivity contribution < 1.29 is 69.7 Å². The summed E-state index contributed by atoms with van der Waals surface area (Å²) in [4.78, 5) is 74.7. The minimum Gasteiger partial charge on any atom is -0.724 e. The molecule has 0 bridgehead atoms. The van der Waals surface area contributed by atoms with Gasteiger partial charge in [-0.15, -0.1) is 4.68 Å². The molecule has 1 aliphatic heterocycles. The van der Waals surface area contributed by atoms with Crippen LogP contribution in [0.1, 0.15) is 88.3 Å². The minimum atomic E-state index is -5.36. The van der Waals surface area contributed by atoms with Crippen LogP contribution >= 0.6 is 22.9 Å². The van der Waals surface area contributed by atoms with Gasteiger partial charge in [0.2, 0.25) is 16.6 Å². The molecule has 0 radical (unpaired) electrons. The number of hydroxylamine groups is 2. The second-order valence-electron chi connectivity index (χ2n) is 18.1. The number of anilines is 1. The number of oxime groups is 1. The van der Waals surface area contributed by atoms with E-state index in [2.05, 4.69) is 30.4 Å². The predicted molar refractivity (Wildman–Crippen MR) is 233 cm³/mol. The van der Waals surface area contributed by atoms with Crippen molar-refractivity contribution in [2.24, 2.45) is 12.2 Å². The Kier molecular flexibility index (Phi) is 16.3. The number of hydrogen-bond acceptors (Lipinski definition) is 17. The zero-order valence-corrected chi connectivity index (χ0v) is 40.5. The van der Waals surface area contributed by atoms with Crippen LogP contribution in [0.4, 0.5) is 14.7 Å². The van der Waals surface area contributed by atoms with Gasteiger partial charge in [-0.1, -0.05) is 40.2 Å². The summed E-state index contributed by atoms with van der Waals surface area (Å²) in [5, 5.41) is 11.7. The second kappa shape index (κ2) is 20.3. The third-order valence-electron chi connectivity index (χ3n) is 8.53. The third kappa shape index (κ3) is 15.5. The zero-order chi connectivity index (χ0) is 48.9. The first-order chi connectivity index (χ1) is 29.8. The highest BCUT2D eigenvalue weighted by atomic mass is 35.5. The lowest BCUT2D eigenvalue weighted by molar-refractivity contribution is -0.753. The van der Waals surface area contributed by atoms with Gasteiger partial charge >= 0.3 is 18.2 Å². The number of alkyl carbamates (subject to hydrolysis) is 1. The van der Waals surface area contributed by atoms with Crippen LogP contribution in [0.25, 0.3) is 11.1 Å². The van der Waals surface area contributed by atoms with E-state index in [0.29, 0.717) is 41.7 Å². The van der Waals surface area contributed by atoms with Crippen molar-refractivity contribution >= 4 is 74.2 Å². The molecule has 4 rings (SSSR count). The lowest BCUT2D eigenvalue weighted by Gasteiger charge is -2.51. The summed E-state index contributed by atoms with van der Waals surface area (Å²) in [5.74, 6) is -2.87. The molecule has 3 aromatic rings. The topological polar surface area (TPSA) is 271 Å². The van der Waals surface area contributed by atoms with Crippen LogP contribution in [0.5, 0.6) is 5.75 Å². The van der Waals surface area contributed by atoms with Crippen LogP contribution in [0.2, 0.25) is 4.34 Å². The molecule has 1 fully saturated rings. The van der Waals surface area contributed by atoms with Gasteiger partial charge in [0.05, 0.1) is 23.8 Å². The van der Waals surface area contributed by atoms with E-state index in [9.17, 15) is 36.9 Å². The number of carbonyl (C=O) groups is 5. The summed E-state index contributed by atoms with van der Waals surface area (Å²) >= 11 is 7.23. The van der Waals surface area contributed by atoms with E-state index in [-0.39, 0.29) is 15.2 Å². The standard InChI is InChI=1S/C40H55ClN8O14S2/c1-37(2,3)59-33(52)26(22-58-25-16-14-23(15-17-25)24-20-47(12)48(21-24)19-13-18-42-35(53)60-38(4,5)6)62-46-28(27-30(41)64-34(43-27)45-36(54)61-39(7,8)9)31(50)44-29-32(51)49(40(29,10)11)63-65(55,56)57/h14-17,20-21,26,29H,13,18-19,22H2,1-12H3,(H3-,42,43,44,45,50,53,54,55,56,57)/b46-28-/t26?,29-/m1/s1. The molecule has 1 saturated heterocycles. The van der Waals surface area contributed by atoms with Crippen molar-refractivity contribution in [1.29, 1.82) is 0 Å². The molecule has 1 aliphatic rings. The lowest BCUT2D eigenvalue weighted by Crippen LogP contribution is -2.76. The van der Waals surface area contributed by atoms with Gasteiger partial charge in [0, 0.05) is 6.54 Å². The number of carbonyl (C=O) groups excluding carboxylic acids is 5. The van der Waals surface area contributed by atoms with Crippen LogP contribution < -0.4 is 25.4 Å². The Labute approximate surface area is 385 Å². The molecule has 3 N–H and O–H groups in total. The fourth-order valence-electron chi connectivity index (χ4n) is 5.72. The highest BCUT2D eigenvalue weighted by Crippen LogP contribution is 2.34. The van der Waals surface area contributed by atoms with Crippen LogP contribution in [0.15, 0.2) is 41.8 Å². The van der Waals surface area contributed by atoms with Crippen molar-refractivity contribution in [3.05, 3.63) is 46.7 Å². The van der Waals surface area contributed by atoms with Crippen LogP contribution in [-0.4, -0.2) is 111 Å². The van der Waals surface area contributed by atoms with Gasteiger partial charge < -0.3 is 39.0 Å². The molecule has 0 aliphatic carbocycles. The minimum absolute atomic E-state index is 0.131. The van der Waals surface area contributed by atoms with Crippen LogP contribution in [0.3, 0.4) is 0 Å². The van der Waals surface area contributed by atoms with E-state index in [1.54, 1.807) is 86.6 Å². The number of halogens is 1. The summed E-state index contributed by atoms with van der Waals surface area (Å²) in [7, 11) is -3.47. The summed E-state index contributed by atoms with van der Waals surface area (Å²) in [6.45, 7) is 18.3. The number of nitrogens with one attached hydrogen (secondary N) is 3. The number of ether oxygens (including phenoxy) is 4. The van der Waals surface area contributed by atoms with Gasteiger partial charge in [-0.3, -0.25) is 14.9 Å². The Balaban J connectivity index is 1.56. The summed E-state index contributed by atoms with van der Waals surface area (Å²) in [6, 6.07) is 5.47. The predicted octanol–water partition coefficient (Wildman–Crippen LogP) is 4.36. The number of esters is 1. The largest absolute Gasteiger partial charge is 0.724 e. The summed E-state index contributed by atoms with van der Waals surface area (Å²) in [5.41, 5.74) is -3.37. The molecule has 25 heteroatoms. The monoisotopic (exact) mass is 970 g/mol. The van der Waals surface area contributed by atoms with Gasteiger partial charge in [-0.2, -0.15) is 14.0 Å². The summed E-state index contributed by atoms with van der Waals surface area (Å²) < 4.78 is 63.8. The summed E-state index contributed by atoms with van der Waals surface area (Å²) in [6.07, 6.45) is 1.54. The fraction of sp³-hybridized carbons (Fsp3) is 0.550. The third-order valence-corrected chi connectivity index (χ3v) is 10.0. The molecule has 1 unspecified atom stereocenters. The Morgan fingerprint density at radius 1 is 0.969 bits per heavy atom. The maximum Gasteiger partial charge on any atom is 0.413 e. The van der Waals surface area contributed by atoms with E-state index >= 15 is 0 Å². The molecule has 4 amide bonds. The number of nitrogens with zero attached hydrogens (tertiary/aromatic N) is 5. The van der Waals surface area contributed by atoms with E-state index < -0.39 is 87.2 Å². The van der Waals surface area contributed by atoms with Crippen LogP contribution in [-0.2, 0) is 61.7 Å². The maximum absolute atomic E-state index is 13.9. The molecule has 0 saturated carbocycles. The van der Waals surface area contributed by atoms with Crippen molar-refractivity contribution in [2.45, 2.75) is 124 Å². The Morgan fingerprint density at radius 2 is 1.57 bits per heavy atom. The van der Waals surface area contributed by atoms with Gasteiger partial charge in [-0.05, 0) is 100 Å². The number of aromatic nitrogens is 3. The van der Waals surface area contributed by atoms with E-state index in [0.717, 1.165) is 11.1 Å². The maximum atomic E-state index is 13.9. The number of benzene rings is 1. The first-order valence-electron chi connectivity index (χ1n) is 20.0. The first-order valence-corrected chi connectivity index (χ1v) is 22.5. The van der Waals surface area contributed by atoms with Gasteiger partial charge in [0.25, 0.3) is 17.9 Å². The first kappa shape index (κ1) is 52.1. The van der Waals surface area contributed by atoms with Crippen molar-refractivity contribution in [1.82, 2.24) is 25.4 Å². The molecule has 22 nitrogen and oxygen atoms in total. The second-order valence-corrected chi connectivity index (χ2v) is 20.6. The van der Waals surface area contributed by atoms with E-state index in [4.69, 9.17) is 35.4 Å². The van der Waals surface area contributed by atoms with Crippen LogP contribution in [0, 0.1) is 0 Å². The average molecular weight is 972 g/mol. The van der Waals surface area contributed by atoms with Gasteiger partial charge in [0.15, 0.2) is 17.9 Å². The lowest BCUT2D eigenvalue weighted by atomic mass is 9.84. The molecule has 2 aromatic heterocycles. The van der Waals surface area contributed by atoms with Gasteiger partial charge in [0.1, 0.15) is 45.2 Å². The van der Waals surface area contributed by atoms with Crippen molar-refractivity contribution in [2.75, 3.05) is 18.5 Å². The molecule has 3 heterocycles. The fourth-order valence-corrected chi connectivity index (χ4v) is 7.20.